The van der Waals surface area contributed by atoms with Crippen molar-refractivity contribution in [3.05, 3.63) is 48.1 Å². The quantitative estimate of drug-likeness (QED) is 0.343. The minimum Gasteiger partial charge on any atom is -0.122 e. The van der Waals surface area contributed by atoms with Crippen LogP contribution in [-0.4, -0.2) is 5.88 Å². The van der Waals surface area contributed by atoms with Gasteiger partial charge >= 0.3 is 0 Å². The zero-order valence-electron chi connectivity index (χ0n) is 9.96. The molecule has 84 valence electrons. The minimum atomic E-state index is 0.557. The summed E-state index contributed by atoms with van der Waals surface area (Å²) in [6.45, 7) is 10.2. The SMILES string of the molecule is C=C/C=C(\C=C/CCl)C/C(=C/C)C(C)C. The van der Waals surface area contributed by atoms with Crippen LogP contribution in [0.1, 0.15) is 27.2 Å². The molecule has 0 saturated heterocycles. The van der Waals surface area contributed by atoms with Crippen LogP contribution >= 0.6 is 11.6 Å². The van der Waals surface area contributed by atoms with Crippen LogP contribution in [0, 0.1) is 5.92 Å². The number of hydrogen-bond donors (Lipinski definition) is 0. The predicted molar refractivity (Wildman–Crippen MR) is 71.4 cm³/mol. The molecule has 0 aliphatic rings. The van der Waals surface area contributed by atoms with Gasteiger partial charge in [0.1, 0.15) is 0 Å². The fourth-order valence-corrected chi connectivity index (χ4v) is 1.49. The topological polar surface area (TPSA) is 0 Å². The van der Waals surface area contributed by atoms with E-state index in [0.717, 1.165) is 6.42 Å². The van der Waals surface area contributed by atoms with Crippen molar-refractivity contribution in [1.82, 2.24) is 0 Å². The summed E-state index contributed by atoms with van der Waals surface area (Å²) in [5.74, 6) is 1.15. The van der Waals surface area contributed by atoms with Gasteiger partial charge in [0, 0.05) is 5.88 Å². The average Bonchev–Trinajstić information content (AvgIpc) is 2.21. The second-order valence-corrected chi connectivity index (χ2v) is 4.04. The van der Waals surface area contributed by atoms with Gasteiger partial charge in [0.25, 0.3) is 0 Å². The van der Waals surface area contributed by atoms with Crippen molar-refractivity contribution in [2.45, 2.75) is 27.2 Å². The Balaban J connectivity index is 4.61. The molecule has 0 aliphatic carbocycles. The van der Waals surface area contributed by atoms with Gasteiger partial charge in [0.15, 0.2) is 0 Å². The molecule has 0 heterocycles. The van der Waals surface area contributed by atoms with E-state index in [1.165, 1.54) is 11.1 Å². The number of alkyl halides is 1. The molecular formula is C14H21Cl. The third-order valence-electron chi connectivity index (χ3n) is 2.27. The van der Waals surface area contributed by atoms with Crippen LogP contribution in [0.3, 0.4) is 0 Å². The Bertz CT molecular complexity index is 267. The summed E-state index contributed by atoms with van der Waals surface area (Å²) in [7, 11) is 0. The summed E-state index contributed by atoms with van der Waals surface area (Å²) in [5, 5.41) is 0. The van der Waals surface area contributed by atoms with E-state index in [1.807, 2.05) is 18.2 Å². The molecule has 0 amide bonds. The lowest BCUT2D eigenvalue weighted by Crippen LogP contribution is -1.95. The second kappa shape index (κ2) is 8.55. The third kappa shape index (κ3) is 6.35. The van der Waals surface area contributed by atoms with E-state index in [4.69, 9.17) is 11.6 Å². The van der Waals surface area contributed by atoms with Crippen molar-refractivity contribution >= 4 is 11.6 Å². The van der Waals surface area contributed by atoms with Gasteiger partial charge in [-0.2, -0.15) is 0 Å². The van der Waals surface area contributed by atoms with E-state index >= 15 is 0 Å². The first-order chi connectivity index (χ1) is 7.15. The standard InChI is InChI=1S/C14H21Cl/c1-5-8-13(9-7-10-15)11-14(6-2)12(3)4/h5-9,12H,1,10-11H2,2-4H3/b9-7-,13-8+,14-6-. The first-order valence-corrected chi connectivity index (χ1v) is 5.88. The van der Waals surface area contributed by atoms with Gasteiger partial charge in [-0.3, -0.25) is 0 Å². The molecule has 0 aromatic heterocycles. The number of rotatable bonds is 6. The Morgan fingerprint density at radius 1 is 1.40 bits per heavy atom. The molecule has 0 aromatic rings. The zero-order valence-corrected chi connectivity index (χ0v) is 10.7. The molecule has 0 bridgehead atoms. The first-order valence-electron chi connectivity index (χ1n) is 5.34. The second-order valence-electron chi connectivity index (χ2n) is 3.73. The van der Waals surface area contributed by atoms with Gasteiger partial charge in [-0.05, 0) is 24.8 Å². The first kappa shape index (κ1) is 14.2. The lowest BCUT2D eigenvalue weighted by molar-refractivity contribution is 0.739. The van der Waals surface area contributed by atoms with Crippen LogP contribution in [0.5, 0.6) is 0 Å². The van der Waals surface area contributed by atoms with E-state index in [9.17, 15) is 0 Å². The van der Waals surface area contributed by atoms with E-state index in [1.54, 1.807) is 0 Å². The van der Waals surface area contributed by atoms with E-state index < -0.39 is 0 Å². The molecule has 15 heavy (non-hydrogen) atoms. The fourth-order valence-electron chi connectivity index (χ4n) is 1.40. The third-order valence-corrected chi connectivity index (χ3v) is 2.45. The van der Waals surface area contributed by atoms with E-state index in [-0.39, 0.29) is 0 Å². The Hall–Kier alpha value is -0.750. The average molecular weight is 225 g/mol. The Morgan fingerprint density at radius 2 is 2.07 bits per heavy atom. The Kier molecular flexibility index (Phi) is 8.12. The van der Waals surface area contributed by atoms with E-state index in [0.29, 0.717) is 11.8 Å². The van der Waals surface area contributed by atoms with Gasteiger partial charge in [0.2, 0.25) is 0 Å². The molecule has 0 rings (SSSR count). The van der Waals surface area contributed by atoms with Crippen LogP contribution in [0.2, 0.25) is 0 Å². The van der Waals surface area contributed by atoms with Crippen molar-refractivity contribution in [2.24, 2.45) is 5.92 Å². The van der Waals surface area contributed by atoms with Crippen LogP contribution in [-0.2, 0) is 0 Å². The van der Waals surface area contributed by atoms with Gasteiger partial charge in [-0.25, -0.2) is 0 Å². The molecule has 0 fully saturated rings. The van der Waals surface area contributed by atoms with Crippen LogP contribution < -0.4 is 0 Å². The molecule has 0 spiro atoms. The van der Waals surface area contributed by atoms with E-state index in [2.05, 4.69) is 39.5 Å². The molecule has 0 nitrogen and oxygen atoms in total. The lowest BCUT2D eigenvalue weighted by Gasteiger charge is -2.11. The maximum absolute atomic E-state index is 5.62. The van der Waals surface area contributed by atoms with Crippen LogP contribution in [0.25, 0.3) is 0 Å². The Morgan fingerprint density at radius 3 is 2.47 bits per heavy atom. The summed E-state index contributed by atoms with van der Waals surface area (Å²) >= 11 is 5.62. The van der Waals surface area contributed by atoms with Crippen molar-refractivity contribution in [1.29, 1.82) is 0 Å². The monoisotopic (exact) mass is 224 g/mol. The Labute approximate surface area is 99.0 Å². The number of halogens is 1. The molecule has 0 radical (unpaired) electrons. The molecule has 0 N–H and O–H groups in total. The van der Waals surface area contributed by atoms with Crippen molar-refractivity contribution in [3.63, 3.8) is 0 Å². The highest BCUT2D eigenvalue weighted by atomic mass is 35.5. The summed E-state index contributed by atoms with van der Waals surface area (Å²) in [6, 6.07) is 0. The number of allylic oxidation sites excluding steroid dienone is 7. The van der Waals surface area contributed by atoms with Gasteiger partial charge in [-0.15, -0.1) is 11.6 Å². The maximum Gasteiger partial charge on any atom is 0.0407 e. The molecule has 0 saturated carbocycles. The summed E-state index contributed by atoms with van der Waals surface area (Å²) in [5.41, 5.74) is 2.70. The maximum atomic E-state index is 5.62. The highest BCUT2D eigenvalue weighted by Gasteiger charge is 2.03. The minimum absolute atomic E-state index is 0.557. The van der Waals surface area contributed by atoms with Gasteiger partial charge in [-0.1, -0.05) is 56.4 Å². The van der Waals surface area contributed by atoms with Crippen molar-refractivity contribution in [3.8, 4) is 0 Å². The fraction of sp³-hybridized carbons (Fsp3) is 0.429. The molecule has 1 heteroatoms. The van der Waals surface area contributed by atoms with Crippen LogP contribution in [0.4, 0.5) is 0 Å². The molecule has 0 atom stereocenters. The summed E-state index contributed by atoms with van der Waals surface area (Å²) in [6.07, 6.45) is 11.1. The highest BCUT2D eigenvalue weighted by Crippen LogP contribution is 2.19. The molecule has 0 unspecified atom stereocenters. The largest absolute Gasteiger partial charge is 0.122 e. The molecule has 0 aliphatic heterocycles. The lowest BCUT2D eigenvalue weighted by atomic mass is 9.95. The summed E-state index contributed by atoms with van der Waals surface area (Å²) in [4.78, 5) is 0. The zero-order chi connectivity index (χ0) is 11.7. The van der Waals surface area contributed by atoms with Crippen molar-refractivity contribution < 1.29 is 0 Å². The normalized spacial score (nSPS) is 13.9. The number of hydrogen-bond acceptors (Lipinski definition) is 0. The highest BCUT2D eigenvalue weighted by molar-refractivity contribution is 6.18. The van der Waals surface area contributed by atoms with Gasteiger partial charge in [0.05, 0.1) is 0 Å². The smallest absolute Gasteiger partial charge is 0.0407 e. The summed E-state index contributed by atoms with van der Waals surface area (Å²) < 4.78 is 0. The van der Waals surface area contributed by atoms with Crippen molar-refractivity contribution in [2.75, 3.05) is 5.88 Å². The molecule has 0 aromatic carbocycles. The van der Waals surface area contributed by atoms with Crippen LogP contribution in [0.15, 0.2) is 48.1 Å². The predicted octanol–water partition coefficient (Wildman–Crippen LogP) is 4.89. The van der Waals surface area contributed by atoms with Gasteiger partial charge < -0.3 is 0 Å². The molecular weight excluding hydrogens is 204 g/mol.